The molecule has 1 fully saturated rings. The Morgan fingerprint density at radius 3 is 2.34 bits per heavy atom. The number of nitrogens with one attached hydrogen (secondary N) is 1. The van der Waals surface area contributed by atoms with Gasteiger partial charge in [-0.05, 0) is 54.1 Å². The zero-order valence-electron chi connectivity index (χ0n) is 21.9. The van der Waals surface area contributed by atoms with Crippen molar-refractivity contribution in [2.75, 3.05) is 10.2 Å². The molecule has 226 valence electrons. The van der Waals surface area contributed by atoms with Crippen molar-refractivity contribution in [3.8, 4) is 0 Å². The van der Waals surface area contributed by atoms with Gasteiger partial charge in [-0.15, -0.1) is 0 Å². The molecule has 7 nitrogen and oxygen atoms in total. The second-order valence-electron chi connectivity index (χ2n) is 9.92. The molecule has 0 saturated carbocycles. The van der Waals surface area contributed by atoms with E-state index in [1.165, 1.54) is 16.7 Å². The molecule has 0 spiro atoms. The average molecular weight is 699 g/mol. The van der Waals surface area contributed by atoms with Crippen molar-refractivity contribution in [1.82, 2.24) is 4.57 Å². The number of benzene rings is 3. The van der Waals surface area contributed by atoms with Crippen molar-refractivity contribution in [1.29, 1.82) is 0 Å². The Bertz CT molecular complexity index is 1900. The van der Waals surface area contributed by atoms with Crippen LogP contribution in [-0.4, -0.2) is 27.5 Å². The number of thiazole rings is 1. The van der Waals surface area contributed by atoms with Gasteiger partial charge in [-0.3, -0.25) is 23.7 Å². The minimum atomic E-state index is -4.70. The number of hydrogen-bond donors (Lipinski definition) is 1. The summed E-state index contributed by atoms with van der Waals surface area (Å²) in [5, 5.41) is 2.57. The normalized spacial score (nSPS) is 19.6. The molecule has 6 rings (SSSR count). The van der Waals surface area contributed by atoms with Crippen molar-refractivity contribution >= 4 is 87.0 Å². The molecule has 1 aromatic heterocycles. The average Bonchev–Trinajstić information content (AvgIpc) is 3.41. The molecule has 3 unspecified atom stereocenters. The van der Waals surface area contributed by atoms with Crippen LogP contribution in [0.5, 0.6) is 0 Å². The standard InChI is InChI=1S/C29H17Cl3F3N3O4S2/c30-14-7-9-15(10-8-14)36-19(39)12-37-27-24(44-28(37)42)20(17-5-2-6-18(31)22(17)32)21-23(43-27)26(41)38(25(21)40)16-4-1-3-13(11-16)29(33,34)35/h1-11,20-21,23H,12H2,(H,36,39). The minimum Gasteiger partial charge on any atom is -0.325 e. The molecule has 1 saturated heterocycles. The number of carbonyl (C=O) groups is 3. The maximum Gasteiger partial charge on any atom is 0.416 e. The van der Waals surface area contributed by atoms with E-state index in [-0.39, 0.29) is 20.8 Å². The van der Waals surface area contributed by atoms with Gasteiger partial charge in [0.2, 0.25) is 17.7 Å². The van der Waals surface area contributed by atoms with E-state index in [0.29, 0.717) is 21.2 Å². The quantitative estimate of drug-likeness (QED) is 0.221. The van der Waals surface area contributed by atoms with Gasteiger partial charge in [-0.2, -0.15) is 13.2 Å². The van der Waals surface area contributed by atoms with E-state index in [9.17, 15) is 32.3 Å². The highest BCUT2D eigenvalue weighted by molar-refractivity contribution is 8.00. The van der Waals surface area contributed by atoms with Crippen molar-refractivity contribution in [2.45, 2.75) is 28.9 Å². The van der Waals surface area contributed by atoms with Gasteiger partial charge in [0.25, 0.3) is 0 Å². The Morgan fingerprint density at radius 1 is 0.932 bits per heavy atom. The van der Waals surface area contributed by atoms with Crippen molar-refractivity contribution in [2.24, 2.45) is 5.92 Å². The zero-order chi connectivity index (χ0) is 31.5. The minimum absolute atomic E-state index is 0.0985. The fraction of sp³-hybridized carbons (Fsp3) is 0.172. The van der Waals surface area contributed by atoms with Gasteiger partial charge in [-0.25, -0.2) is 4.90 Å². The van der Waals surface area contributed by atoms with E-state index in [1.54, 1.807) is 36.4 Å². The fourth-order valence-electron chi connectivity index (χ4n) is 5.30. The molecule has 3 atom stereocenters. The van der Waals surface area contributed by atoms with Gasteiger partial charge in [0.05, 0.1) is 32.2 Å². The second kappa shape index (κ2) is 11.6. The molecule has 1 N–H and O–H groups in total. The first kappa shape index (κ1) is 30.7. The summed E-state index contributed by atoms with van der Waals surface area (Å²) < 4.78 is 41.7. The lowest BCUT2D eigenvalue weighted by Gasteiger charge is -2.31. The molecule has 0 radical (unpaired) electrons. The van der Waals surface area contributed by atoms with E-state index >= 15 is 0 Å². The predicted molar refractivity (Wildman–Crippen MR) is 164 cm³/mol. The molecular formula is C29H17Cl3F3N3O4S2. The summed E-state index contributed by atoms with van der Waals surface area (Å²) in [5.41, 5.74) is -0.445. The van der Waals surface area contributed by atoms with Crippen LogP contribution in [0.25, 0.3) is 0 Å². The van der Waals surface area contributed by atoms with Crippen LogP contribution in [0.2, 0.25) is 15.1 Å². The molecule has 2 aliphatic heterocycles. The summed E-state index contributed by atoms with van der Waals surface area (Å²) in [6.45, 7) is -0.410. The molecule has 2 aliphatic rings. The van der Waals surface area contributed by atoms with E-state index in [0.717, 1.165) is 46.2 Å². The summed E-state index contributed by atoms with van der Waals surface area (Å²) in [7, 11) is 0. The van der Waals surface area contributed by atoms with Gasteiger partial charge in [0, 0.05) is 21.5 Å². The number of carbonyl (C=O) groups excluding carboxylic acids is 3. The Kier molecular flexibility index (Phi) is 8.08. The number of alkyl halides is 3. The Morgan fingerprint density at radius 2 is 1.64 bits per heavy atom. The van der Waals surface area contributed by atoms with Gasteiger partial charge in [-0.1, -0.05) is 76.1 Å². The summed E-state index contributed by atoms with van der Waals surface area (Å²) in [4.78, 5) is 54.7. The first-order valence-electron chi connectivity index (χ1n) is 12.8. The third kappa shape index (κ3) is 5.43. The monoisotopic (exact) mass is 697 g/mol. The summed E-state index contributed by atoms with van der Waals surface area (Å²) in [5.74, 6) is -4.11. The van der Waals surface area contributed by atoms with Crippen LogP contribution in [0.3, 0.4) is 0 Å². The maximum atomic E-state index is 14.0. The number of anilines is 2. The van der Waals surface area contributed by atoms with Crippen molar-refractivity contribution < 1.29 is 27.6 Å². The number of imide groups is 1. The molecule has 4 aromatic rings. The lowest BCUT2D eigenvalue weighted by Crippen LogP contribution is -2.33. The van der Waals surface area contributed by atoms with Crippen LogP contribution in [-0.2, 0) is 27.1 Å². The van der Waals surface area contributed by atoms with Crippen molar-refractivity contribution in [3.05, 3.63) is 107 Å². The number of rotatable bonds is 5. The summed E-state index contributed by atoms with van der Waals surface area (Å²) in [6.07, 6.45) is -4.70. The largest absolute Gasteiger partial charge is 0.416 e. The Hall–Kier alpha value is -3.29. The zero-order valence-corrected chi connectivity index (χ0v) is 25.8. The summed E-state index contributed by atoms with van der Waals surface area (Å²) >= 11 is 20.5. The van der Waals surface area contributed by atoms with Crippen LogP contribution >= 0.6 is 57.9 Å². The highest BCUT2D eigenvalue weighted by atomic mass is 35.5. The van der Waals surface area contributed by atoms with Gasteiger partial charge in [0.15, 0.2) is 0 Å². The van der Waals surface area contributed by atoms with E-state index in [4.69, 9.17) is 34.8 Å². The maximum absolute atomic E-state index is 14.0. The molecular weight excluding hydrogens is 682 g/mol. The number of aromatic nitrogens is 1. The molecule has 3 aromatic carbocycles. The number of nitrogens with zero attached hydrogens (tertiary/aromatic N) is 2. The van der Waals surface area contributed by atoms with Crippen LogP contribution in [0.1, 0.15) is 21.9 Å². The molecule has 15 heteroatoms. The number of hydrogen-bond acceptors (Lipinski definition) is 6. The topological polar surface area (TPSA) is 88.5 Å². The van der Waals surface area contributed by atoms with Gasteiger partial charge in [0.1, 0.15) is 11.8 Å². The van der Waals surface area contributed by atoms with Crippen LogP contribution in [0.15, 0.2) is 76.6 Å². The van der Waals surface area contributed by atoms with E-state index < -0.39 is 58.0 Å². The summed E-state index contributed by atoms with van der Waals surface area (Å²) in [6, 6.07) is 15.1. The Labute approximate surface area is 270 Å². The smallest absolute Gasteiger partial charge is 0.325 e. The second-order valence-corrected chi connectivity index (χ2v) is 13.3. The number of thioether (sulfide) groups is 1. The fourth-order valence-corrected chi connectivity index (χ4v) is 8.62. The molecule has 3 amide bonds. The predicted octanol–water partition coefficient (Wildman–Crippen LogP) is 7.32. The van der Waals surface area contributed by atoms with Crippen molar-refractivity contribution in [3.63, 3.8) is 0 Å². The first-order chi connectivity index (χ1) is 20.8. The van der Waals surface area contributed by atoms with Gasteiger partial charge < -0.3 is 5.32 Å². The lowest BCUT2D eigenvalue weighted by molar-refractivity contribution is -0.137. The molecule has 0 aliphatic carbocycles. The number of amides is 3. The highest BCUT2D eigenvalue weighted by Crippen LogP contribution is 2.55. The van der Waals surface area contributed by atoms with Crippen LogP contribution < -0.4 is 15.1 Å². The lowest BCUT2D eigenvalue weighted by atomic mass is 9.83. The third-order valence-corrected chi connectivity index (χ3v) is 10.9. The number of halogens is 6. The highest BCUT2D eigenvalue weighted by Gasteiger charge is 2.57. The SMILES string of the molecule is O=C(Cn1c2c(sc1=O)C(c1cccc(Cl)c1Cl)C1C(=O)N(c3cccc(C(F)(F)F)c3)C(=O)C1S2)Nc1ccc(Cl)cc1. The Balaban J connectivity index is 1.43. The number of fused-ring (bicyclic) bond motifs is 2. The van der Waals surface area contributed by atoms with Crippen LogP contribution in [0.4, 0.5) is 24.5 Å². The van der Waals surface area contributed by atoms with Gasteiger partial charge >= 0.3 is 11.0 Å². The third-order valence-electron chi connectivity index (χ3n) is 7.23. The van der Waals surface area contributed by atoms with Crippen LogP contribution in [0, 0.1) is 5.92 Å². The van der Waals surface area contributed by atoms with E-state index in [1.807, 2.05) is 0 Å². The molecule has 0 bridgehead atoms. The first-order valence-corrected chi connectivity index (χ1v) is 15.6. The molecule has 44 heavy (non-hydrogen) atoms. The van der Waals surface area contributed by atoms with E-state index in [2.05, 4.69) is 5.32 Å². The molecule has 3 heterocycles.